The van der Waals surface area contributed by atoms with E-state index < -0.39 is 0 Å². The second-order valence-electron chi connectivity index (χ2n) is 5.21. The highest BCUT2D eigenvalue weighted by atomic mass is 16.5. The van der Waals surface area contributed by atoms with Gasteiger partial charge in [-0.3, -0.25) is 0 Å². The monoisotopic (exact) mass is 260 g/mol. The van der Waals surface area contributed by atoms with Crippen LogP contribution >= 0.6 is 0 Å². The lowest BCUT2D eigenvalue weighted by molar-refractivity contribution is 0.0701. The summed E-state index contributed by atoms with van der Waals surface area (Å²) in [4.78, 5) is 0. The van der Waals surface area contributed by atoms with Gasteiger partial charge in [0.25, 0.3) is 0 Å². The molecule has 19 heavy (non-hydrogen) atoms. The van der Waals surface area contributed by atoms with Crippen LogP contribution in [-0.4, -0.2) is 17.3 Å². The summed E-state index contributed by atoms with van der Waals surface area (Å²) in [6.45, 7) is 6.17. The lowest BCUT2D eigenvalue weighted by Gasteiger charge is -2.25. The molecule has 0 amide bonds. The molecule has 0 bridgehead atoms. The van der Waals surface area contributed by atoms with Gasteiger partial charge in [-0.15, -0.1) is 0 Å². The van der Waals surface area contributed by atoms with Gasteiger partial charge < -0.3 is 14.6 Å². The van der Waals surface area contributed by atoms with Crippen LogP contribution in [0.3, 0.4) is 0 Å². The molecule has 0 saturated carbocycles. The van der Waals surface area contributed by atoms with E-state index in [-0.39, 0.29) is 5.54 Å². The summed E-state index contributed by atoms with van der Waals surface area (Å²) >= 11 is 0. The summed E-state index contributed by atoms with van der Waals surface area (Å²) in [5, 5.41) is 7.27. The number of benzene rings is 1. The highest BCUT2D eigenvalue weighted by Gasteiger charge is 2.17. The normalized spacial score (nSPS) is 11.7. The average molecular weight is 260 g/mol. The molecule has 1 aromatic carbocycles. The van der Waals surface area contributed by atoms with E-state index in [4.69, 9.17) is 9.26 Å². The lowest BCUT2D eigenvalue weighted by atomic mass is 10.1. The third-order valence-electron chi connectivity index (χ3n) is 2.81. The number of nitrogens with one attached hydrogen (secondary N) is 1. The van der Waals surface area contributed by atoms with Crippen molar-refractivity contribution in [3.05, 3.63) is 53.9 Å². The SMILES string of the molecule is CC(C)(COCc1ccccc1)NCc1ccon1. The third kappa shape index (κ3) is 4.85. The van der Waals surface area contributed by atoms with Crippen LogP contribution in [0.2, 0.25) is 0 Å². The van der Waals surface area contributed by atoms with Gasteiger partial charge in [0.05, 0.1) is 18.9 Å². The summed E-state index contributed by atoms with van der Waals surface area (Å²) in [7, 11) is 0. The molecule has 102 valence electrons. The Balaban J connectivity index is 1.71. The number of aromatic nitrogens is 1. The van der Waals surface area contributed by atoms with Crippen LogP contribution < -0.4 is 5.32 Å². The predicted octanol–water partition coefficient (Wildman–Crippen LogP) is 2.76. The first-order valence-electron chi connectivity index (χ1n) is 6.42. The van der Waals surface area contributed by atoms with Gasteiger partial charge in [-0.1, -0.05) is 35.5 Å². The zero-order valence-electron chi connectivity index (χ0n) is 11.4. The van der Waals surface area contributed by atoms with Crippen molar-refractivity contribution < 1.29 is 9.26 Å². The minimum atomic E-state index is -0.103. The zero-order chi connectivity index (χ0) is 13.6. The first-order valence-corrected chi connectivity index (χ1v) is 6.42. The van der Waals surface area contributed by atoms with Gasteiger partial charge in [-0.2, -0.15) is 0 Å². The summed E-state index contributed by atoms with van der Waals surface area (Å²) in [5.41, 5.74) is 1.99. The van der Waals surface area contributed by atoms with Gasteiger partial charge in [0.2, 0.25) is 0 Å². The quantitative estimate of drug-likeness (QED) is 0.831. The lowest BCUT2D eigenvalue weighted by Crippen LogP contribution is -2.43. The Labute approximate surface area is 113 Å². The van der Waals surface area contributed by atoms with E-state index in [1.54, 1.807) is 6.26 Å². The Morgan fingerprint density at radius 1 is 1.21 bits per heavy atom. The second-order valence-corrected chi connectivity index (χ2v) is 5.21. The zero-order valence-corrected chi connectivity index (χ0v) is 11.4. The van der Waals surface area contributed by atoms with Crippen LogP contribution in [0.5, 0.6) is 0 Å². The molecule has 0 atom stereocenters. The topological polar surface area (TPSA) is 47.3 Å². The van der Waals surface area contributed by atoms with Crippen molar-refractivity contribution in [2.24, 2.45) is 0 Å². The van der Waals surface area contributed by atoms with E-state index in [9.17, 15) is 0 Å². The number of hydrogen-bond acceptors (Lipinski definition) is 4. The van der Waals surface area contributed by atoms with Crippen LogP contribution in [0.4, 0.5) is 0 Å². The molecule has 1 aromatic heterocycles. The molecule has 0 radical (unpaired) electrons. The highest BCUT2D eigenvalue weighted by Crippen LogP contribution is 2.08. The molecular formula is C15H20N2O2. The Morgan fingerprint density at radius 2 is 2.00 bits per heavy atom. The maximum Gasteiger partial charge on any atom is 0.124 e. The van der Waals surface area contributed by atoms with Crippen molar-refractivity contribution in [2.75, 3.05) is 6.61 Å². The average Bonchev–Trinajstić information content (AvgIpc) is 2.91. The summed E-state index contributed by atoms with van der Waals surface area (Å²) in [6.07, 6.45) is 1.58. The van der Waals surface area contributed by atoms with Crippen molar-refractivity contribution >= 4 is 0 Å². The molecule has 4 nitrogen and oxygen atoms in total. The number of ether oxygens (including phenoxy) is 1. The van der Waals surface area contributed by atoms with Crippen molar-refractivity contribution in [3.8, 4) is 0 Å². The van der Waals surface area contributed by atoms with Crippen LogP contribution in [-0.2, 0) is 17.9 Å². The first-order chi connectivity index (χ1) is 9.16. The Kier molecular flexibility index (Phi) is 4.71. The van der Waals surface area contributed by atoms with E-state index in [1.165, 1.54) is 5.56 Å². The van der Waals surface area contributed by atoms with Gasteiger partial charge >= 0.3 is 0 Å². The van der Waals surface area contributed by atoms with Crippen molar-refractivity contribution in [1.82, 2.24) is 10.5 Å². The van der Waals surface area contributed by atoms with Crippen LogP contribution in [0, 0.1) is 0 Å². The number of nitrogens with zero attached hydrogens (tertiary/aromatic N) is 1. The van der Waals surface area contributed by atoms with Crippen LogP contribution in [0.15, 0.2) is 47.2 Å². The van der Waals surface area contributed by atoms with E-state index in [0.29, 0.717) is 19.8 Å². The molecule has 0 spiro atoms. The minimum absolute atomic E-state index is 0.103. The van der Waals surface area contributed by atoms with Gasteiger partial charge in [-0.25, -0.2) is 0 Å². The van der Waals surface area contributed by atoms with Gasteiger partial charge in [0, 0.05) is 18.2 Å². The smallest absolute Gasteiger partial charge is 0.124 e. The highest BCUT2D eigenvalue weighted by molar-refractivity contribution is 5.13. The fraction of sp³-hybridized carbons (Fsp3) is 0.400. The van der Waals surface area contributed by atoms with Crippen molar-refractivity contribution in [3.63, 3.8) is 0 Å². The molecule has 0 saturated heterocycles. The molecule has 2 rings (SSSR count). The summed E-state index contributed by atoms with van der Waals surface area (Å²) < 4.78 is 10.5. The standard InChI is InChI=1S/C15H20N2O2/c1-15(2,16-10-14-8-9-19-17-14)12-18-11-13-6-4-3-5-7-13/h3-9,16H,10-12H2,1-2H3. The first kappa shape index (κ1) is 13.8. The third-order valence-corrected chi connectivity index (χ3v) is 2.81. The number of hydrogen-bond donors (Lipinski definition) is 1. The Morgan fingerprint density at radius 3 is 2.68 bits per heavy atom. The van der Waals surface area contributed by atoms with E-state index >= 15 is 0 Å². The van der Waals surface area contributed by atoms with Gasteiger partial charge in [-0.05, 0) is 19.4 Å². The van der Waals surface area contributed by atoms with Crippen molar-refractivity contribution in [2.45, 2.75) is 32.5 Å². The largest absolute Gasteiger partial charge is 0.375 e. The predicted molar refractivity (Wildman–Crippen MR) is 73.5 cm³/mol. The number of rotatable bonds is 7. The summed E-state index contributed by atoms with van der Waals surface area (Å²) in [6, 6.07) is 12.0. The van der Waals surface area contributed by atoms with E-state index in [0.717, 1.165) is 5.69 Å². The molecule has 0 unspecified atom stereocenters. The maximum atomic E-state index is 5.75. The molecule has 2 aromatic rings. The van der Waals surface area contributed by atoms with E-state index in [2.05, 4.69) is 36.5 Å². The van der Waals surface area contributed by atoms with Gasteiger partial charge in [0.1, 0.15) is 6.26 Å². The molecule has 0 aliphatic carbocycles. The molecule has 0 aliphatic rings. The van der Waals surface area contributed by atoms with Gasteiger partial charge in [0.15, 0.2) is 0 Å². The minimum Gasteiger partial charge on any atom is -0.375 e. The summed E-state index contributed by atoms with van der Waals surface area (Å²) in [5.74, 6) is 0. The fourth-order valence-electron chi connectivity index (χ4n) is 1.71. The second kappa shape index (κ2) is 6.50. The van der Waals surface area contributed by atoms with Crippen LogP contribution in [0.25, 0.3) is 0 Å². The van der Waals surface area contributed by atoms with Crippen LogP contribution in [0.1, 0.15) is 25.1 Å². The van der Waals surface area contributed by atoms with Crippen molar-refractivity contribution in [1.29, 1.82) is 0 Å². The maximum absolute atomic E-state index is 5.75. The molecule has 4 heteroatoms. The molecular weight excluding hydrogens is 240 g/mol. The fourth-order valence-corrected chi connectivity index (χ4v) is 1.71. The Bertz CT molecular complexity index is 466. The molecule has 1 heterocycles. The Hall–Kier alpha value is -1.65. The van der Waals surface area contributed by atoms with E-state index in [1.807, 2.05) is 24.3 Å². The molecule has 1 N–H and O–H groups in total. The molecule has 0 fully saturated rings. The molecule has 0 aliphatic heterocycles.